The molecule has 9 heteroatoms. The van der Waals surface area contributed by atoms with Gasteiger partial charge in [-0.2, -0.15) is 4.52 Å². The zero-order valence-corrected chi connectivity index (χ0v) is 14.2. The van der Waals surface area contributed by atoms with Crippen LogP contribution in [0.15, 0.2) is 35.3 Å². The molecule has 1 N–H and O–H groups in total. The van der Waals surface area contributed by atoms with Gasteiger partial charge in [-0.05, 0) is 24.6 Å². The van der Waals surface area contributed by atoms with Gasteiger partial charge in [0.05, 0.1) is 11.6 Å². The normalized spacial score (nSPS) is 10.9. The van der Waals surface area contributed by atoms with E-state index in [9.17, 15) is 4.79 Å². The molecule has 0 amide bonds. The van der Waals surface area contributed by atoms with Gasteiger partial charge in [-0.1, -0.05) is 34.5 Å². The van der Waals surface area contributed by atoms with Crippen molar-refractivity contribution in [2.75, 3.05) is 18.5 Å². The molecule has 3 aromatic rings. The molecule has 1 aromatic carbocycles. The molecule has 2 heterocycles. The second-order valence-corrected chi connectivity index (χ2v) is 6.39. The highest BCUT2D eigenvalue weighted by Crippen LogP contribution is 2.27. The van der Waals surface area contributed by atoms with Crippen molar-refractivity contribution in [2.24, 2.45) is 0 Å². The summed E-state index contributed by atoms with van der Waals surface area (Å²) in [6.45, 7) is 1.15. The van der Waals surface area contributed by atoms with Crippen molar-refractivity contribution in [1.29, 1.82) is 0 Å². The summed E-state index contributed by atoms with van der Waals surface area (Å²) in [4.78, 5) is 16.2. The first-order valence-corrected chi connectivity index (χ1v) is 8.37. The first-order valence-electron chi connectivity index (χ1n) is 6.80. The molecule has 2 aromatic heterocycles. The number of fused-ring (bicyclic) bond motifs is 1. The van der Waals surface area contributed by atoms with Gasteiger partial charge in [-0.25, -0.2) is 4.98 Å². The fourth-order valence-electron chi connectivity index (χ4n) is 1.86. The van der Waals surface area contributed by atoms with Gasteiger partial charge >= 0.3 is 0 Å². The Balaban J connectivity index is 1.49. The van der Waals surface area contributed by atoms with E-state index in [4.69, 9.17) is 27.9 Å². The summed E-state index contributed by atoms with van der Waals surface area (Å²) in [5.41, 5.74) is -0.194. The van der Waals surface area contributed by atoms with Crippen LogP contribution in [0.3, 0.4) is 0 Å². The van der Waals surface area contributed by atoms with E-state index in [1.807, 2.05) is 0 Å². The van der Waals surface area contributed by atoms with Gasteiger partial charge in [-0.3, -0.25) is 4.79 Å². The maximum absolute atomic E-state index is 11.6. The lowest BCUT2D eigenvalue weighted by atomic mass is 10.3. The maximum Gasteiger partial charge on any atom is 0.275 e. The average Bonchev–Trinajstić information content (AvgIpc) is 2.93. The Labute approximate surface area is 145 Å². The highest BCUT2D eigenvalue weighted by Gasteiger charge is 2.05. The van der Waals surface area contributed by atoms with Gasteiger partial charge in [0.2, 0.25) is 10.1 Å². The molecule has 3 rings (SSSR count). The van der Waals surface area contributed by atoms with E-state index in [1.165, 1.54) is 28.1 Å². The van der Waals surface area contributed by atoms with Crippen LogP contribution in [-0.4, -0.2) is 27.7 Å². The highest BCUT2D eigenvalue weighted by atomic mass is 35.5. The fourth-order valence-corrected chi connectivity index (χ4v) is 3.12. The standard InChI is InChI=1S/C14H12Cl2N4O2S/c15-9-2-3-11(10(16)8-9)22-7-1-5-17-13-19-20-12(21)4-6-18-14(20)23-13/h2-4,6,8H,1,5,7H2,(H,17,19). The lowest BCUT2D eigenvalue weighted by Crippen LogP contribution is -2.13. The number of rotatable bonds is 6. The third kappa shape index (κ3) is 3.93. The largest absolute Gasteiger partial charge is 0.492 e. The molecule has 120 valence electrons. The second-order valence-electron chi connectivity index (χ2n) is 4.59. The molecule has 0 radical (unpaired) electrons. The Kier molecular flexibility index (Phi) is 5.00. The summed E-state index contributed by atoms with van der Waals surface area (Å²) in [5, 5.41) is 9.01. The van der Waals surface area contributed by atoms with Crippen molar-refractivity contribution in [3.8, 4) is 5.75 Å². The number of hydrogen-bond donors (Lipinski definition) is 1. The molecule has 6 nitrogen and oxygen atoms in total. The summed E-state index contributed by atoms with van der Waals surface area (Å²) < 4.78 is 6.87. The Morgan fingerprint density at radius 1 is 1.30 bits per heavy atom. The van der Waals surface area contributed by atoms with Crippen LogP contribution in [0.1, 0.15) is 6.42 Å². The Hall–Kier alpha value is -1.83. The molecular weight excluding hydrogens is 359 g/mol. The van der Waals surface area contributed by atoms with Crippen LogP contribution in [0.2, 0.25) is 10.0 Å². The third-order valence-electron chi connectivity index (χ3n) is 2.92. The molecule has 0 aliphatic heterocycles. The number of ether oxygens (including phenoxy) is 1. The molecule has 0 aliphatic rings. The zero-order chi connectivity index (χ0) is 16.2. The smallest absolute Gasteiger partial charge is 0.275 e. The zero-order valence-electron chi connectivity index (χ0n) is 11.8. The maximum atomic E-state index is 11.6. The monoisotopic (exact) mass is 370 g/mol. The molecule has 0 fully saturated rings. The fraction of sp³-hybridized carbons (Fsp3) is 0.214. The summed E-state index contributed by atoms with van der Waals surface area (Å²) in [6, 6.07) is 6.49. The number of aromatic nitrogens is 3. The van der Waals surface area contributed by atoms with Gasteiger partial charge in [0.1, 0.15) is 5.75 Å². The molecule has 0 aliphatic carbocycles. The van der Waals surface area contributed by atoms with Crippen LogP contribution < -0.4 is 15.6 Å². The van der Waals surface area contributed by atoms with E-state index < -0.39 is 0 Å². The molecule has 0 saturated carbocycles. The number of hydrogen-bond acceptors (Lipinski definition) is 6. The van der Waals surface area contributed by atoms with Crippen LogP contribution in [-0.2, 0) is 0 Å². The van der Waals surface area contributed by atoms with Crippen LogP contribution in [0.5, 0.6) is 5.75 Å². The summed E-state index contributed by atoms with van der Waals surface area (Å²) in [5.74, 6) is 0.604. The third-order valence-corrected chi connectivity index (χ3v) is 4.33. The highest BCUT2D eigenvalue weighted by molar-refractivity contribution is 7.20. The Bertz CT molecular complexity index is 881. The Morgan fingerprint density at radius 2 is 2.17 bits per heavy atom. The van der Waals surface area contributed by atoms with E-state index in [1.54, 1.807) is 18.2 Å². The van der Waals surface area contributed by atoms with Gasteiger partial charge in [0, 0.05) is 23.8 Å². The van der Waals surface area contributed by atoms with E-state index in [0.717, 1.165) is 6.42 Å². The van der Waals surface area contributed by atoms with Crippen molar-refractivity contribution >= 4 is 44.6 Å². The number of nitrogens with one attached hydrogen (secondary N) is 1. The van der Waals surface area contributed by atoms with E-state index in [0.29, 0.717) is 39.0 Å². The second kappa shape index (κ2) is 7.16. The summed E-state index contributed by atoms with van der Waals surface area (Å²) in [6.07, 6.45) is 2.22. The predicted octanol–water partition coefficient (Wildman–Crippen LogP) is 3.34. The van der Waals surface area contributed by atoms with Crippen molar-refractivity contribution < 1.29 is 4.74 Å². The van der Waals surface area contributed by atoms with Gasteiger partial charge < -0.3 is 10.1 Å². The van der Waals surface area contributed by atoms with Crippen LogP contribution in [0.25, 0.3) is 4.96 Å². The lowest BCUT2D eigenvalue weighted by Gasteiger charge is -2.08. The summed E-state index contributed by atoms with van der Waals surface area (Å²) >= 11 is 13.2. The van der Waals surface area contributed by atoms with Gasteiger partial charge in [-0.15, -0.1) is 5.10 Å². The predicted molar refractivity (Wildman–Crippen MR) is 92.2 cm³/mol. The van der Waals surface area contributed by atoms with Crippen LogP contribution in [0.4, 0.5) is 5.13 Å². The minimum Gasteiger partial charge on any atom is -0.492 e. The van der Waals surface area contributed by atoms with Crippen molar-refractivity contribution in [3.63, 3.8) is 0 Å². The average molecular weight is 371 g/mol. The van der Waals surface area contributed by atoms with E-state index in [2.05, 4.69) is 15.4 Å². The lowest BCUT2D eigenvalue weighted by molar-refractivity contribution is 0.315. The molecule has 23 heavy (non-hydrogen) atoms. The Morgan fingerprint density at radius 3 is 2.96 bits per heavy atom. The van der Waals surface area contributed by atoms with Crippen LogP contribution in [0, 0.1) is 0 Å². The molecule has 0 atom stereocenters. The minimum atomic E-state index is -0.194. The quantitative estimate of drug-likeness (QED) is 0.673. The number of anilines is 1. The molecule has 0 bridgehead atoms. The van der Waals surface area contributed by atoms with E-state index in [-0.39, 0.29) is 5.56 Å². The number of halogens is 2. The first-order chi connectivity index (χ1) is 11.1. The molecular formula is C14H12Cl2N4O2S. The minimum absolute atomic E-state index is 0.194. The number of benzene rings is 1. The summed E-state index contributed by atoms with van der Waals surface area (Å²) in [7, 11) is 0. The molecule has 0 saturated heterocycles. The van der Waals surface area contributed by atoms with Crippen LogP contribution >= 0.6 is 34.5 Å². The van der Waals surface area contributed by atoms with Crippen molar-refractivity contribution in [2.45, 2.75) is 6.42 Å². The van der Waals surface area contributed by atoms with Gasteiger partial charge in [0.15, 0.2) is 0 Å². The number of nitrogens with zero attached hydrogens (tertiary/aromatic N) is 3. The topological polar surface area (TPSA) is 68.5 Å². The van der Waals surface area contributed by atoms with Gasteiger partial charge in [0.25, 0.3) is 5.56 Å². The first kappa shape index (κ1) is 16.0. The van der Waals surface area contributed by atoms with E-state index >= 15 is 0 Å². The van der Waals surface area contributed by atoms with Crippen molar-refractivity contribution in [3.05, 3.63) is 50.9 Å². The molecule has 0 unspecified atom stereocenters. The SMILES string of the molecule is O=c1ccnc2sc(NCCCOc3ccc(Cl)cc3Cl)nn12. The van der Waals surface area contributed by atoms with Crippen molar-refractivity contribution in [1.82, 2.24) is 14.6 Å². The molecule has 0 spiro atoms.